The fourth-order valence-corrected chi connectivity index (χ4v) is 4.34. The van der Waals surface area contributed by atoms with Gasteiger partial charge in [0.15, 0.2) is 0 Å². The van der Waals surface area contributed by atoms with Gasteiger partial charge < -0.3 is 0 Å². The molecular weight excluding hydrogens is 230 g/mol. The van der Waals surface area contributed by atoms with Crippen molar-refractivity contribution in [2.75, 3.05) is 24.6 Å². The van der Waals surface area contributed by atoms with E-state index in [0.717, 1.165) is 19.5 Å². The molecule has 2 nitrogen and oxygen atoms in total. The minimum atomic E-state index is 0.303. The molecule has 1 saturated carbocycles. The molecule has 0 spiro atoms. The van der Waals surface area contributed by atoms with Crippen molar-refractivity contribution in [3.63, 3.8) is 0 Å². The van der Waals surface area contributed by atoms with Gasteiger partial charge in [-0.2, -0.15) is 11.8 Å². The van der Waals surface area contributed by atoms with Gasteiger partial charge in [0.25, 0.3) is 0 Å². The lowest BCUT2D eigenvalue weighted by molar-refractivity contribution is -0.128. The van der Waals surface area contributed by atoms with Crippen molar-refractivity contribution in [3.05, 3.63) is 0 Å². The van der Waals surface area contributed by atoms with Gasteiger partial charge in [-0.25, -0.2) is 0 Å². The highest BCUT2D eigenvalue weighted by Gasteiger charge is 2.34. The molecule has 0 aromatic heterocycles. The summed E-state index contributed by atoms with van der Waals surface area (Å²) in [4.78, 5) is 14.7. The third-order valence-electron chi connectivity index (χ3n) is 4.36. The molecule has 2 fully saturated rings. The van der Waals surface area contributed by atoms with Gasteiger partial charge in [0.2, 0.25) is 0 Å². The normalized spacial score (nSPS) is 40.5. The zero-order valence-corrected chi connectivity index (χ0v) is 12.1. The first-order chi connectivity index (χ1) is 8.08. The van der Waals surface area contributed by atoms with Crippen molar-refractivity contribution < 1.29 is 4.79 Å². The van der Waals surface area contributed by atoms with Crippen LogP contribution in [0.5, 0.6) is 0 Å². The highest BCUT2D eigenvalue weighted by atomic mass is 32.2. The summed E-state index contributed by atoms with van der Waals surface area (Å²) in [7, 11) is 0. The van der Waals surface area contributed by atoms with Crippen LogP contribution in [-0.2, 0) is 4.79 Å². The minimum Gasteiger partial charge on any atom is -0.299 e. The molecule has 0 amide bonds. The second-order valence-electron chi connectivity index (χ2n) is 6.01. The van der Waals surface area contributed by atoms with Crippen molar-refractivity contribution in [2.45, 2.75) is 39.7 Å². The largest absolute Gasteiger partial charge is 0.299 e. The number of carbonyl (C=O) groups excluding carboxylic acids is 1. The van der Waals surface area contributed by atoms with E-state index >= 15 is 0 Å². The monoisotopic (exact) mass is 255 g/mol. The molecule has 4 unspecified atom stereocenters. The van der Waals surface area contributed by atoms with E-state index in [9.17, 15) is 4.79 Å². The van der Waals surface area contributed by atoms with Gasteiger partial charge in [0.05, 0.1) is 0 Å². The molecule has 0 N–H and O–H groups in total. The Morgan fingerprint density at radius 2 is 2.12 bits per heavy atom. The zero-order valence-electron chi connectivity index (χ0n) is 11.3. The SMILES string of the molecule is CC1CC(=O)C(CN2CCSCC2C)C(C)C1. The van der Waals surface area contributed by atoms with Crippen LogP contribution in [-0.4, -0.2) is 41.3 Å². The third-order valence-corrected chi connectivity index (χ3v) is 5.55. The Labute approximate surface area is 110 Å². The average molecular weight is 255 g/mol. The Morgan fingerprint density at radius 3 is 2.76 bits per heavy atom. The summed E-state index contributed by atoms with van der Waals surface area (Å²) in [5.41, 5.74) is 0. The summed E-state index contributed by atoms with van der Waals surface area (Å²) in [5.74, 6) is 4.45. The van der Waals surface area contributed by atoms with Gasteiger partial charge in [-0.05, 0) is 25.2 Å². The average Bonchev–Trinajstić information content (AvgIpc) is 2.25. The number of Topliss-reactive ketones (excluding diaryl/α,β-unsaturated/α-hetero) is 1. The van der Waals surface area contributed by atoms with Crippen LogP contribution in [0, 0.1) is 17.8 Å². The molecule has 0 bridgehead atoms. The summed E-state index contributed by atoms with van der Waals surface area (Å²) < 4.78 is 0. The smallest absolute Gasteiger partial charge is 0.137 e. The van der Waals surface area contributed by atoms with Crippen LogP contribution in [0.4, 0.5) is 0 Å². The molecule has 2 aliphatic rings. The number of hydrogen-bond acceptors (Lipinski definition) is 3. The summed E-state index contributed by atoms with van der Waals surface area (Å²) in [6.07, 6.45) is 2.04. The first-order valence-corrected chi connectivity index (χ1v) is 8.08. The van der Waals surface area contributed by atoms with Gasteiger partial charge in [-0.3, -0.25) is 9.69 Å². The number of thioether (sulfide) groups is 1. The molecule has 2 rings (SSSR count). The van der Waals surface area contributed by atoms with Crippen LogP contribution in [0.3, 0.4) is 0 Å². The number of hydrogen-bond donors (Lipinski definition) is 0. The summed E-state index contributed by atoms with van der Waals surface area (Å²) in [6, 6.07) is 0.646. The van der Waals surface area contributed by atoms with Gasteiger partial charge in [-0.1, -0.05) is 13.8 Å². The molecule has 3 heteroatoms. The maximum absolute atomic E-state index is 12.2. The Bertz CT molecular complexity index is 281. The van der Waals surface area contributed by atoms with Crippen molar-refractivity contribution in [1.82, 2.24) is 4.90 Å². The van der Waals surface area contributed by atoms with Crippen molar-refractivity contribution in [1.29, 1.82) is 0 Å². The standard InChI is InChI=1S/C14H25NOS/c1-10-6-11(2)13(14(16)7-10)8-15-4-5-17-9-12(15)3/h10-13H,4-9H2,1-3H3. The van der Waals surface area contributed by atoms with Crippen LogP contribution < -0.4 is 0 Å². The second kappa shape index (κ2) is 5.75. The minimum absolute atomic E-state index is 0.303. The van der Waals surface area contributed by atoms with E-state index in [1.807, 2.05) is 11.8 Å². The topological polar surface area (TPSA) is 20.3 Å². The van der Waals surface area contributed by atoms with E-state index in [2.05, 4.69) is 25.7 Å². The Kier molecular flexibility index (Phi) is 4.53. The molecule has 1 saturated heterocycles. The van der Waals surface area contributed by atoms with Crippen molar-refractivity contribution >= 4 is 17.5 Å². The lowest BCUT2D eigenvalue weighted by Gasteiger charge is -2.39. The quantitative estimate of drug-likeness (QED) is 0.756. The molecule has 1 heterocycles. The van der Waals surface area contributed by atoms with E-state index < -0.39 is 0 Å². The van der Waals surface area contributed by atoms with Crippen molar-refractivity contribution in [3.8, 4) is 0 Å². The molecule has 0 aromatic rings. The number of ketones is 1. The van der Waals surface area contributed by atoms with Gasteiger partial charge >= 0.3 is 0 Å². The molecule has 17 heavy (non-hydrogen) atoms. The molecule has 0 aromatic carbocycles. The molecule has 98 valence electrons. The van der Waals surface area contributed by atoms with Gasteiger partial charge in [-0.15, -0.1) is 0 Å². The Hall–Kier alpha value is -0.0200. The third kappa shape index (κ3) is 3.25. The van der Waals surface area contributed by atoms with Crippen LogP contribution in [0.15, 0.2) is 0 Å². The van der Waals surface area contributed by atoms with Crippen LogP contribution in [0.25, 0.3) is 0 Å². The Morgan fingerprint density at radius 1 is 1.35 bits per heavy atom. The van der Waals surface area contributed by atoms with Gasteiger partial charge in [0.1, 0.15) is 5.78 Å². The van der Waals surface area contributed by atoms with Gasteiger partial charge in [0, 0.05) is 43.0 Å². The van der Waals surface area contributed by atoms with Crippen LogP contribution in [0.1, 0.15) is 33.6 Å². The number of carbonyl (C=O) groups is 1. The van der Waals surface area contributed by atoms with E-state index in [1.54, 1.807) is 0 Å². The maximum atomic E-state index is 12.2. The summed E-state index contributed by atoms with van der Waals surface area (Å²) >= 11 is 2.04. The highest BCUT2D eigenvalue weighted by Crippen LogP contribution is 2.32. The fraction of sp³-hybridized carbons (Fsp3) is 0.929. The number of nitrogens with zero attached hydrogens (tertiary/aromatic N) is 1. The van der Waals surface area contributed by atoms with E-state index in [-0.39, 0.29) is 0 Å². The molecule has 1 aliphatic heterocycles. The lowest BCUT2D eigenvalue weighted by atomic mass is 9.74. The first-order valence-electron chi connectivity index (χ1n) is 6.92. The summed E-state index contributed by atoms with van der Waals surface area (Å²) in [5, 5.41) is 0. The predicted octanol–water partition coefficient (Wildman–Crippen LogP) is 2.68. The van der Waals surface area contributed by atoms with Crippen LogP contribution in [0.2, 0.25) is 0 Å². The fourth-order valence-electron chi connectivity index (χ4n) is 3.26. The zero-order chi connectivity index (χ0) is 12.4. The van der Waals surface area contributed by atoms with E-state index in [4.69, 9.17) is 0 Å². The van der Waals surface area contributed by atoms with E-state index in [0.29, 0.717) is 29.6 Å². The van der Waals surface area contributed by atoms with Crippen LogP contribution >= 0.6 is 11.8 Å². The lowest BCUT2D eigenvalue weighted by Crippen LogP contribution is -2.47. The molecule has 4 atom stereocenters. The maximum Gasteiger partial charge on any atom is 0.137 e. The molecule has 1 aliphatic carbocycles. The van der Waals surface area contributed by atoms with Crippen molar-refractivity contribution in [2.24, 2.45) is 17.8 Å². The molecular formula is C14H25NOS. The summed E-state index contributed by atoms with van der Waals surface area (Å²) in [6.45, 7) is 8.95. The predicted molar refractivity (Wildman–Crippen MR) is 74.4 cm³/mol. The highest BCUT2D eigenvalue weighted by molar-refractivity contribution is 7.99. The van der Waals surface area contributed by atoms with E-state index in [1.165, 1.54) is 17.9 Å². The second-order valence-corrected chi connectivity index (χ2v) is 7.16. The number of rotatable bonds is 2. The first kappa shape index (κ1) is 13.4. The Balaban J connectivity index is 1.94. The molecule has 0 radical (unpaired) electrons.